The first-order valence-electron chi connectivity index (χ1n) is 7.38. The Kier molecular flexibility index (Phi) is 5.26. The highest BCUT2D eigenvalue weighted by atomic mass is 16.3. The average Bonchev–Trinajstić information content (AvgIpc) is 2.86. The minimum absolute atomic E-state index is 0.119. The van der Waals surface area contributed by atoms with Crippen molar-refractivity contribution in [2.75, 3.05) is 32.8 Å². The van der Waals surface area contributed by atoms with Crippen molar-refractivity contribution >= 4 is 0 Å². The number of rotatable bonds is 5. The second kappa shape index (κ2) is 6.72. The van der Waals surface area contributed by atoms with Gasteiger partial charge in [0.05, 0.1) is 6.61 Å². The number of hydrogen-bond donors (Lipinski definition) is 1. The Morgan fingerprint density at radius 2 is 2.06 bits per heavy atom. The van der Waals surface area contributed by atoms with Crippen LogP contribution in [0.4, 0.5) is 0 Å². The lowest BCUT2D eigenvalue weighted by atomic mass is 9.89. The van der Waals surface area contributed by atoms with Crippen LogP contribution in [0.5, 0.6) is 0 Å². The molecule has 3 heteroatoms. The summed E-state index contributed by atoms with van der Waals surface area (Å²) in [7, 11) is 0. The van der Waals surface area contributed by atoms with Gasteiger partial charge in [0.2, 0.25) is 0 Å². The maximum absolute atomic E-state index is 10.7. The molecule has 1 radical (unpaired) electrons. The molecule has 99 valence electrons. The summed E-state index contributed by atoms with van der Waals surface area (Å²) in [5.41, 5.74) is 0. The van der Waals surface area contributed by atoms with Gasteiger partial charge in [-0.2, -0.15) is 0 Å². The number of nitrogens with zero attached hydrogens (tertiary/aromatic N) is 1. The lowest BCUT2D eigenvalue weighted by Crippen LogP contribution is -2.45. The van der Waals surface area contributed by atoms with Crippen LogP contribution in [-0.4, -0.2) is 43.7 Å². The van der Waals surface area contributed by atoms with Gasteiger partial charge in [-0.25, -0.2) is 5.11 Å². The Balaban J connectivity index is 1.81. The van der Waals surface area contributed by atoms with Crippen LogP contribution in [0.1, 0.15) is 39.0 Å². The zero-order valence-corrected chi connectivity index (χ0v) is 11.2. The summed E-state index contributed by atoms with van der Waals surface area (Å²) in [6.45, 7) is 7.30. The number of hydrogen-bond acceptors (Lipinski definition) is 2. The summed E-state index contributed by atoms with van der Waals surface area (Å²) in [6.07, 6.45) is 6.02. The van der Waals surface area contributed by atoms with E-state index in [0.29, 0.717) is 5.92 Å². The monoisotopic (exact) mass is 239 g/mol. The van der Waals surface area contributed by atoms with Gasteiger partial charge in [-0.3, -0.25) is 0 Å². The molecule has 2 unspecified atom stereocenters. The van der Waals surface area contributed by atoms with Crippen LogP contribution in [0.25, 0.3) is 0 Å². The Hall–Kier alpha value is -0.120. The molecule has 0 spiro atoms. The summed E-state index contributed by atoms with van der Waals surface area (Å²) in [5, 5.41) is 14.1. The maximum Gasteiger partial charge on any atom is 0.0825 e. The minimum Gasteiger partial charge on any atom is -0.316 e. The molecule has 3 nitrogen and oxygen atoms in total. The molecule has 0 aromatic carbocycles. The molecule has 0 saturated carbocycles. The molecule has 0 aromatic rings. The van der Waals surface area contributed by atoms with Gasteiger partial charge in [0.25, 0.3) is 0 Å². The van der Waals surface area contributed by atoms with E-state index < -0.39 is 0 Å². The maximum atomic E-state index is 10.7. The summed E-state index contributed by atoms with van der Waals surface area (Å²) >= 11 is 0. The Morgan fingerprint density at radius 1 is 1.29 bits per heavy atom. The van der Waals surface area contributed by atoms with Crippen LogP contribution >= 0.6 is 0 Å². The molecule has 17 heavy (non-hydrogen) atoms. The minimum atomic E-state index is 0.119. The van der Waals surface area contributed by atoms with Gasteiger partial charge < -0.3 is 10.2 Å². The second-order valence-electron chi connectivity index (χ2n) is 5.70. The van der Waals surface area contributed by atoms with Crippen LogP contribution in [0.3, 0.4) is 0 Å². The van der Waals surface area contributed by atoms with E-state index in [4.69, 9.17) is 0 Å². The third kappa shape index (κ3) is 3.43. The topological polar surface area (TPSA) is 35.2 Å². The molecule has 0 bridgehead atoms. The molecular formula is C14H27N2O. The standard InChI is InChI=1S/C14H27N2O/c1-2-14(13-3-7-15-11-13)16-8-4-12(5-9-16)6-10-17/h12-15H,2-11H2,1H3. The largest absolute Gasteiger partial charge is 0.316 e. The zero-order valence-electron chi connectivity index (χ0n) is 11.2. The molecule has 2 rings (SSSR count). The third-order valence-corrected chi connectivity index (χ3v) is 4.71. The average molecular weight is 239 g/mol. The molecule has 2 heterocycles. The van der Waals surface area contributed by atoms with E-state index >= 15 is 0 Å². The zero-order chi connectivity index (χ0) is 12.1. The lowest BCUT2D eigenvalue weighted by molar-refractivity contribution is 0.0810. The lowest BCUT2D eigenvalue weighted by Gasteiger charge is -2.39. The summed E-state index contributed by atoms with van der Waals surface area (Å²) in [4.78, 5) is 2.69. The van der Waals surface area contributed by atoms with Gasteiger partial charge in [0, 0.05) is 6.04 Å². The van der Waals surface area contributed by atoms with E-state index in [9.17, 15) is 5.11 Å². The predicted molar refractivity (Wildman–Crippen MR) is 69.5 cm³/mol. The molecule has 2 saturated heterocycles. The van der Waals surface area contributed by atoms with Crippen molar-refractivity contribution in [3.63, 3.8) is 0 Å². The highest BCUT2D eigenvalue weighted by Gasteiger charge is 2.30. The van der Waals surface area contributed by atoms with E-state index in [1.807, 2.05) is 0 Å². The van der Waals surface area contributed by atoms with Crippen LogP contribution in [0.2, 0.25) is 0 Å². The van der Waals surface area contributed by atoms with E-state index in [2.05, 4.69) is 17.1 Å². The van der Waals surface area contributed by atoms with Crippen molar-refractivity contribution < 1.29 is 5.11 Å². The van der Waals surface area contributed by atoms with Crippen LogP contribution in [-0.2, 0) is 5.11 Å². The molecule has 2 aliphatic rings. The van der Waals surface area contributed by atoms with Crippen molar-refractivity contribution in [3.05, 3.63) is 0 Å². The van der Waals surface area contributed by atoms with E-state index in [1.165, 1.54) is 51.9 Å². The molecule has 2 aliphatic heterocycles. The first-order chi connectivity index (χ1) is 8.35. The number of likely N-dealkylation sites (tertiary alicyclic amines) is 1. The van der Waals surface area contributed by atoms with Gasteiger partial charge in [-0.1, -0.05) is 6.92 Å². The van der Waals surface area contributed by atoms with Gasteiger partial charge in [-0.15, -0.1) is 0 Å². The van der Waals surface area contributed by atoms with Crippen molar-refractivity contribution in [1.29, 1.82) is 0 Å². The number of nitrogens with one attached hydrogen (secondary N) is 1. The molecule has 2 atom stereocenters. The normalized spacial score (nSPS) is 29.6. The molecule has 0 aliphatic carbocycles. The predicted octanol–water partition coefficient (Wildman–Crippen LogP) is 1.91. The van der Waals surface area contributed by atoms with Crippen LogP contribution in [0.15, 0.2) is 0 Å². The van der Waals surface area contributed by atoms with Gasteiger partial charge in [-0.05, 0) is 70.1 Å². The smallest absolute Gasteiger partial charge is 0.0825 e. The van der Waals surface area contributed by atoms with E-state index in [0.717, 1.165) is 18.4 Å². The second-order valence-corrected chi connectivity index (χ2v) is 5.70. The van der Waals surface area contributed by atoms with E-state index in [-0.39, 0.29) is 6.61 Å². The fourth-order valence-corrected chi connectivity index (χ4v) is 3.63. The van der Waals surface area contributed by atoms with E-state index in [1.54, 1.807) is 0 Å². The van der Waals surface area contributed by atoms with Crippen molar-refractivity contribution in [3.8, 4) is 0 Å². The van der Waals surface area contributed by atoms with Gasteiger partial charge >= 0.3 is 0 Å². The highest BCUT2D eigenvalue weighted by Crippen LogP contribution is 2.27. The quantitative estimate of drug-likeness (QED) is 0.795. The first-order valence-corrected chi connectivity index (χ1v) is 7.38. The third-order valence-electron chi connectivity index (χ3n) is 4.71. The fourth-order valence-electron chi connectivity index (χ4n) is 3.63. The van der Waals surface area contributed by atoms with Crippen molar-refractivity contribution in [2.45, 2.75) is 45.1 Å². The molecule has 1 N–H and O–H groups in total. The molecule has 2 fully saturated rings. The molecule has 0 aromatic heterocycles. The van der Waals surface area contributed by atoms with Crippen LogP contribution in [0, 0.1) is 11.8 Å². The van der Waals surface area contributed by atoms with Gasteiger partial charge in [0.15, 0.2) is 0 Å². The molecular weight excluding hydrogens is 212 g/mol. The highest BCUT2D eigenvalue weighted by molar-refractivity contribution is 4.86. The van der Waals surface area contributed by atoms with Crippen molar-refractivity contribution in [2.24, 2.45) is 11.8 Å². The van der Waals surface area contributed by atoms with Crippen LogP contribution < -0.4 is 5.32 Å². The number of piperidine rings is 1. The SMILES string of the molecule is CCC(C1CCNC1)N1CCC(CC[O])CC1. The summed E-state index contributed by atoms with van der Waals surface area (Å²) in [5.74, 6) is 1.57. The Bertz CT molecular complexity index is 208. The first kappa shape index (κ1) is 13.3. The fraction of sp³-hybridized carbons (Fsp3) is 1.00. The Morgan fingerprint density at radius 3 is 2.59 bits per heavy atom. The Labute approximate surface area is 106 Å². The summed E-state index contributed by atoms with van der Waals surface area (Å²) < 4.78 is 0. The van der Waals surface area contributed by atoms with Gasteiger partial charge in [0.1, 0.15) is 0 Å². The van der Waals surface area contributed by atoms with Crippen molar-refractivity contribution in [1.82, 2.24) is 10.2 Å². The summed E-state index contributed by atoms with van der Waals surface area (Å²) in [6, 6.07) is 0.776. The molecule has 0 amide bonds.